The molecule has 0 aliphatic carbocycles. The summed E-state index contributed by atoms with van der Waals surface area (Å²) in [6.07, 6.45) is 0. The molecule has 0 heterocycles. The molecule has 0 fully saturated rings. The molecule has 0 radical (unpaired) electrons. The Morgan fingerprint density at radius 3 is 1.84 bits per heavy atom. The molecular formula is C14H24N2O2S. The second-order valence-electron chi connectivity index (χ2n) is 5.18. The molecule has 0 bridgehead atoms. The summed E-state index contributed by atoms with van der Waals surface area (Å²) in [5.74, 6) is 0.443. The monoisotopic (exact) mass is 284 g/mol. The summed E-state index contributed by atoms with van der Waals surface area (Å²) < 4.78 is 24.0. The van der Waals surface area contributed by atoms with Gasteiger partial charge in [0.05, 0.1) is 10.1 Å². The first-order valence-corrected chi connectivity index (χ1v) is 8.13. The molecule has 5 heteroatoms. The van der Waals surface area contributed by atoms with Crippen LogP contribution in [0.4, 0.5) is 0 Å². The molecule has 4 N–H and O–H groups in total. The highest BCUT2D eigenvalue weighted by Crippen LogP contribution is 2.25. The van der Waals surface area contributed by atoms with E-state index in [0.29, 0.717) is 18.0 Å². The largest absolute Gasteiger partial charge is 0.330 e. The third-order valence-corrected chi connectivity index (χ3v) is 5.84. The summed E-state index contributed by atoms with van der Waals surface area (Å²) in [5, 5.41) is -0.406. The van der Waals surface area contributed by atoms with Gasteiger partial charge in [-0.1, -0.05) is 19.1 Å². The topological polar surface area (TPSA) is 86.2 Å². The maximum absolute atomic E-state index is 12.0. The zero-order valence-corrected chi connectivity index (χ0v) is 12.7. The average Bonchev–Trinajstić information content (AvgIpc) is 2.40. The number of hydrogen-bond acceptors (Lipinski definition) is 4. The van der Waals surface area contributed by atoms with Crippen LogP contribution >= 0.6 is 0 Å². The fourth-order valence-electron chi connectivity index (χ4n) is 2.01. The van der Waals surface area contributed by atoms with Crippen molar-refractivity contribution in [1.82, 2.24) is 0 Å². The Morgan fingerprint density at radius 2 is 1.47 bits per heavy atom. The van der Waals surface area contributed by atoms with Crippen LogP contribution < -0.4 is 11.5 Å². The van der Waals surface area contributed by atoms with Gasteiger partial charge >= 0.3 is 0 Å². The van der Waals surface area contributed by atoms with Gasteiger partial charge in [0.1, 0.15) is 0 Å². The van der Waals surface area contributed by atoms with E-state index in [0.717, 1.165) is 5.56 Å². The summed E-state index contributed by atoms with van der Waals surface area (Å²) in [5.41, 5.74) is 12.4. The van der Waals surface area contributed by atoms with Gasteiger partial charge in [0.2, 0.25) is 0 Å². The number of nitrogens with two attached hydrogens (primary N) is 2. The number of sulfone groups is 1. The lowest BCUT2D eigenvalue weighted by atomic mass is 9.88. The van der Waals surface area contributed by atoms with Crippen molar-refractivity contribution in [3.8, 4) is 0 Å². The lowest BCUT2D eigenvalue weighted by Gasteiger charge is -2.21. The summed E-state index contributed by atoms with van der Waals surface area (Å²) in [6.45, 7) is 6.50. The minimum atomic E-state index is -3.20. The van der Waals surface area contributed by atoms with Crippen LogP contribution in [0.2, 0.25) is 0 Å². The zero-order chi connectivity index (χ0) is 14.6. The van der Waals surface area contributed by atoms with Gasteiger partial charge in [0.25, 0.3) is 0 Å². The molecule has 108 valence electrons. The first-order chi connectivity index (χ1) is 8.84. The molecule has 1 aromatic rings. The molecule has 0 aliphatic heterocycles. The standard InChI is InChI=1S/C14H24N2O2S/c1-10(2)19(17,18)14-6-4-12(5-7-14)11(3)13(8-15)9-16/h4-7,10-11,13H,8-9,15-16H2,1-3H3. The van der Waals surface area contributed by atoms with Gasteiger partial charge in [0.15, 0.2) is 9.84 Å². The molecule has 1 atom stereocenters. The smallest absolute Gasteiger partial charge is 0.180 e. The van der Waals surface area contributed by atoms with Crippen molar-refractivity contribution in [2.75, 3.05) is 13.1 Å². The van der Waals surface area contributed by atoms with E-state index in [2.05, 4.69) is 6.92 Å². The summed E-state index contributed by atoms with van der Waals surface area (Å²) >= 11 is 0. The first-order valence-electron chi connectivity index (χ1n) is 6.58. The van der Waals surface area contributed by atoms with Gasteiger partial charge in [-0.05, 0) is 56.5 Å². The number of benzene rings is 1. The van der Waals surface area contributed by atoms with Gasteiger partial charge in [-0.2, -0.15) is 0 Å². The SMILES string of the molecule is CC(c1ccc(S(=O)(=O)C(C)C)cc1)C(CN)CN. The van der Waals surface area contributed by atoms with E-state index < -0.39 is 15.1 Å². The maximum atomic E-state index is 12.0. The van der Waals surface area contributed by atoms with Gasteiger partial charge in [-0.3, -0.25) is 0 Å². The summed E-state index contributed by atoms with van der Waals surface area (Å²) in [4.78, 5) is 0.371. The van der Waals surface area contributed by atoms with Crippen molar-refractivity contribution in [3.05, 3.63) is 29.8 Å². The highest BCUT2D eigenvalue weighted by Gasteiger charge is 2.20. The van der Waals surface area contributed by atoms with Crippen LogP contribution in [0.5, 0.6) is 0 Å². The van der Waals surface area contributed by atoms with Crippen LogP contribution in [0.1, 0.15) is 32.3 Å². The molecule has 1 rings (SSSR count). The van der Waals surface area contributed by atoms with E-state index in [1.807, 2.05) is 12.1 Å². The van der Waals surface area contributed by atoms with Crippen molar-refractivity contribution in [3.63, 3.8) is 0 Å². The fourth-order valence-corrected chi connectivity index (χ4v) is 3.07. The lowest BCUT2D eigenvalue weighted by molar-refractivity contribution is 0.466. The van der Waals surface area contributed by atoms with Gasteiger partial charge in [-0.25, -0.2) is 8.42 Å². The van der Waals surface area contributed by atoms with Crippen LogP contribution in [0.3, 0.4) is 0 Å². The van der Waals surface area contributed by atoms with E-state index in [1.54, 1.807) is 26.0 Å². The second kappa shape index (κ2) is 6.50. The predicted octanol–water partition coefficient (Wildman–Crippen LogP) is 1.51. The second-order valence-corrected chi connectivity index (χ2v) is 7.69. The first kappa shape index (κ1) is 16.1. The van der Waals surface area contributed by atoms with Crippen molar-refractivity contribution in [1.29, 1.82) is 0 Å². The van der Waals surface area contributed by atoms with E-state index in [9.17, 15) is 8.42 Å². The lowest BCUT2D eigenvalue weighted by Crippen LogP contribution is -2.28. The van der Waals surface area contributed by atoms with Crippen molar-refractivity contribution in [2.45, 2.75) is 36.8 Å². The molecule has 0 saturated carbocycles. The Balaban J connectivity index is 3.00. The van der Waals surface area contributed by atoms with E-state index >= 15 is 0 Å². The highest BCUT2D eigenvalue weighted by molar-refractivity contribution is 7.92. The zero-order valence-electron chi connectivity index (χ0n) is 11.8. The van der Waals surface area contributed by atoms with Gasteiger partial charge < -0.3 is 11.5 Å². The van der Waals surface area contributed by atoms with Crippen LogP contribution in [-0.2, 0) is 9.84 Å². The molecule has 0 spiro atoms. The highest BCUT2D eigenvalue weighted by atomic mass is 32.2. The number of rotatable bonds is 6. The average molecular weight is 284 g/mol. The molecule has 0 aliphatic rings. The van der Waals surface area contributed by atoms with Crippen LogP contribution in [0.25, 0.3) is 0 Å². The molecule has 19 heavy (non-hydrogen) atoms. The molecule has 1 aromatic carbocycles. The molecule has 0 amide bonds. The predicted molar refractivity (Wildman–Crippen MR) is 78.8 cm³/mol. The third kappa shape index (κ3) is 3.55. The maximum Gasteiger partial charge on any atom is 0.180 e. The molecule has 4 nitrogen and oxygen atoms in total. The quantitative estimate of drug-likeness (QED) is 0.829. The van der Waals surface area contributed by atoms with E-state index in [1.165, 1.54) is 0 Å². The Kier molecular flexibility index (Phi) is 5.52. The molecule has 0 saturated heterocycles. The minimum absolute atomic E-state index is 0.215. The van der Waals surface area contributed by atoms with Gasteiger partial charge in [-0.15, -0.1) is 0 Å². The van der Waals surface area contributed by atoms with Crippen LogP contribution in [0.15, 0.2) is 29.2 Å². The van der Waals surface area contributed by atoms with Crippen LogP contribution in [-0.4, -0.2) is 26.8 Å². The van der Waals surface area contributed by atoms with E-state index in [-0.39, 0.29) is 11.8 Å². The number of hydrogen-bond donors (Lipinski definition) is 2. The van der Waals surface area contributed by atoms with Gasteiger partial charge in [0, 0.05) is 0 Å². The molecular weight excluding hydrogens is 260 g/mol. The Bertz CT molecular complexity index is 491. The minimum Gasteiger partial charge on any atom is -0.330 e. The summed E-state index contributed by atoms with van der Waals surface area (Å²) in [7, 11) is -3.20. The molecule has 0 aromatic heterocycles. The van der Waals surface area contributed by atoms with Crippen molar-refractivity contribution >= 4 is 9.84 Å². The Morgan fingerprint density at radius 1 is 1.00 bits per heavy atom. The van der Waals surface area contributed by atoms with Crippen molar-refractivity contribution < 1.29 is 8.42 Å². The van der Waals surface area contributed by atoms with Crippen LogP contribution in [0, 0.1) is 5.92 Å². The third-order valence-electron chi connectivity index (χ3n) is 3.67. The normalized spacial score (nSPS) is 14.1. The van der Waals surface area contributed by atoms with E-state index in [4.69, 9.17) is 11.5 Å². The fraction of sp³-hybridized carbons (Fsp3) is 0.571. The molecule has 1 unspecified atom stereocenters. The Labute approximate surface area is 116 Å². The Hall–Kier alpha value is -0.910. The summed E-state index contributed by atoms with van der Waals surface area (Å²) in [6, 6.07) is 7.06. The van der Waals surface area contributed by atoms with Crippen molar-refractivity contribution in [2.24, 2.45) is 17.4 Å².